The summed E-state index contributed by atoms with van der Waals surface area (Å²) in [6.07, 6.45) is 4.63. The highest BCUT2D eigenvalue weighted by Gasteiger charge is 2.38. The Morgan fingerprint density at radius 2 is 1.28 bits per heavy atom. The predicted molar refractivity (Wildman–Crippen MR) is 115 cm³/mol. The van der Waals surface area contributed by atoms with Crippen molar-refractivity contribution in [2.24, 2.45) is 0 Å². The molecule has 0 amide bonds. The Morgan fingerprint density at radius 3 is 1.66 bits per heavy atom. The minimum Gasteiger partial charge on any atom is -0.319 e. The topological polar surface area (TPSA) is 41.6 Å². The van der Waals surface area contributed by atoms with Crippen LogP contribution < -0.4 is 0 Å². The smallest absolute Gasteiger partial charge is 0.121 e. The van der Waals surface area contributed by atoms with Crippen LogP contribution in [0, 0.1) is 11.3 Å². The van der Waals surface area contributed by atoms with Crippen LogP contribution in [-0.4, -0.2) is 9.55 Å². The summed E-state index contributed by atoms with van der Waals surface area (Å²) in [6, 6.07) is 33.8. The molecule has 4 aromatic rings. The molecule has 1 atom stereocenters. The lowest BCUT2D eigenvalue weighted by molar-refractivity contribution is 0.514. The Hall–Kier alpha value is -3.64. The van der Waals surface area contributed by atoms with Gasteiger partial charge in [-0.1, -0.05) is 97.9 Å². The van der Waals surface area contributed by atoms with Crippen LogP contribution in [0.3, 0.4) is 0 Å². The molecule has 0 N–H and O–H groups in total. The summed E-state index contributed by atoms with van der Waals surface area (Å²) in [7, 11) is 0. The van der Waals surface area contributed by atoms with Gasteiger partial charge < -0.3 is 4.57 Å². The Morgan fingerprint density at radius 1 is 0.828 bits per heavy atom. The van der Waals surface area contributed by atoms with E-state index in [0.29, 0.717) is 0 Å². The minimum absolute atomic E-state index is 0.212. The average Bonchev–Trinajstić information content (AvgIpc) is 3.28. The first kappa shape index (κ1) is 18.7. The summed E-state index contributed by atoms with van der Waals surface area (Å²) < 4.78 is 2.16. The highest BCUT2D eigenvalue weighted by atomic mass is 15.1. The molecular formula is C26H23N3. The fourth-order valence-electron chi connectivity index (χ4n) is 4.05. The van der Waals surface area contributed by atoms with Crippen molar-refractivity contribution < 1.29 is 0 Å². The molecule has 0 bridgehead atoms. The van der Waals surface area contributed by atoms with Gasteiger partial charge in [-0.25, -0.2) is 4.98 Å². The summed E-state index contributed by atoms with van der Waals surface area (Å²) in [4.78, 5) is 4.64. The number of imidazole rings is 1. The summed E-state index contributed by atoms with van der Waals surface area (Å²) in [5.74, 6) is -0.212. The fourth-order valence-corrected chi connectivity index (χ4v) is 4.05. The molecule has 142 valence electrons. The number of benzene rings is 3. The molecule has 3 aromatic carbocycles. The Bertz CT molecular complexity index is 996. The molecule has 1 aromatic heterocycles. The lowest BCUT2D eigenvalue weighted by Crippen LogP contribution is -2.36. The molecule has 4 rings (SSSR count). The molecule has 3 heteroatoms. The van der Waals surface area contributed by atoms with Gasteiger partial charge in [0.1, 0.15) is 5.54 Å². The quantitative estimate of drug-likeness (QED) is 0.402. The van der Waals surface area contributed by atoms with E-state index in [0.717, 1.165) is 28.8 Å². The zero-order chi connectivity index (χ0) is 20.1. The van der Waals surface area contributed by atoms with Crippen molar-refractivity contribution in [2.75, 3.05) is 0 Å². The molecule has 29 heavy (non-hydrogen) atoms. The third kappa shape index (κ3) is 3.23. The molecular weight excluding hydrogens is 354 g/mol. The highest BCUT2D eigenvalue weighted by molar-refractivity contribution is 5.50. The van der Waals surface area contributed by atoms with Crippen LogP contribution in [-0.2, 0) is 5.54 Å². The van der Waals surface area contributed by atoms with Crippen molar-refractivity contribution >= 4 is 0 Å². The molecule has 0 fully saturated rings. The van der Waals surface area contributed by atoms with E-state index in [4.69, 9.17) is 0 Å². The first-order chi connectivity index (χ1) is 14.3. The maximum Gasteiger partial charge on any atom is 0.121 e. The zero-order valence-corrected chi connectivity index (χ0v) is 16.4. The number of nitrogens with zero attached hydrogens (tertiary/aromatic N) is 3. The number of aromatic nitrogens is 2. The first-order valence-corrected chi connectivity index (χ1v) is 9.91. The highest BCUT2D eigenvalue weighted by Crippen LogP contribution is 2.41. The Balaban J connectivity index is 2.05. The van der Waals surface area contributed by atoms with E-state index in [1.807, 2.05) is 37.6 Å². The molecule has 0 spiro atoms. The van der Waals surface area contributed by atoms with Crippen molar-refractivity contribution in [3.8, 4) is 6.07 Å². The lowest BCUT2D eigenvalue weighted by Gasteiger charge is -2.37. The molecule has 0 aliphatic carbocycles. The van der Waals surface area contributed by atoms with Gasteiger partial charge in [-0.15, -0.1) is 0 Å². The fraction of sp³-hybridized carbons (Fsp3) is 0.154. The molecule has 1 unspecified atom stereocenters. The van der Waals surface area contributed by atoms with E-state index in [2.05, 4.69) is 88.4 Å². The minimum atomic E-state index is -0.581. The third-order valence-corrected chi connectivity index (χ3v) is 5.49. The van der Waals surface area contributed by atoms with E-state index in [-0.39, 0.29) is 5.92 Å². The van der Waals surface area contributed by atoms with Crippen molar-refractivity contribution in [1.82, 2.24) is 9.55 Å². The molecule has 0 saturated carbocycles. The van der Waals surface area contributed by atoms with Crippen LogP contribution >= 0.6 is 0 Å². The van der Waals surface area contributed by atoms with E-state index < -0.39 is 5.54 Å². The maximum absolute atomic E-state index is 9.54. The van der Waals surface area contributed by atoms with Crippen LogP contribution in [0.2, 0.25) is 0 Å². The second-order valence-electron chi connectivity index (χ2n) is 7.10. The molecule has 0 saturated heterocycles. The molecule has 0 aliphatic heterocycles. The van der Waals surface area contributed by atoms with Crippen LogP contribution in [0.25, 0.3) is 0 Å². The number of hydrogen-bond donors (Lipinski definition) is 0. The summed E-state index contributed by atoms with van der Waals surface area (Å²) in [5.41, 5.74) is 3.66. The van der Waals surface area contributed by atoms with Gasteiger partial charge in [-0.05, 0) is 23.1 Å². The van der Waals surface area contributed by atoms with Crippen molar-refractivity contribution in [2.45, 2.75) is 24.8 Å². The van der Waals surface area contributed by atoms with Gasteiger partial charge in [0.25, 0.3) is 0 Å². The molecule has 0 aliphatic rings. The third-order valence-electron chi connectivity index (χ3n) is 5.49. The Kier molecular flexibility index (Phi) is 5.27. The molecule has 0 radical (unpaired) electrons. The van der Waals surface area contributed by atoms with E-state index in [1.165, 1.54) is 0 Å². The predicted octanol–water partition coefficient (Wildman–Crippen LogP) is 5.74. The van der Waals surface area contributed by atoms with Gasteiger partial charge in [0.15, 0.2) is 0 Å². The van der Waals surface area contributed by atoms with Gasteiger partial charge in [0.2, 0.25) is 0 Å². The van der Waals surface area contributed by atoms with Crippen molar-refractivity contribution in [1.29, 1.82) is 5.26 Å². The maximum atomic E-state index is 9.54. The van der Waals surface area contributed by atoms with E-state index in [1.54, 1.807) is 0 Å². The first-order valence-electron chi connectivity index (χ1n) is 9.91. The van der Waals surface area contributed by atoms with Gasteiger partial charge in [0, 0.05) is 6.20 Å². The summed E-state index contributed by atoms with van der Waals surface area (Å²) >= 11 is 0. The largest absolute Gasteiger partial charge is 0.319 e. The Labute approximate surface area is 171 Å². The van der Waals surface area contributed by atoms with Gasteiger partial charge in [-0.3, -0.25) is 0 Å². The second-order valence-corrected chi connectivity index (χ2v) is 7.10. The number of hydrogen-bond acceptors (Lipinski definition) is 2. The number of nitriles is 1. The van der Waals surface area contributed by atoms with Gasteiger partial charge >= 0.3 is 0 Å². The standard InChI is InChI=1S/C26H23N3/c1-2-21(18-27)25-19-29(20-28-25)26(22-12-6-3-7-13-22,23-14-8-4-9-15-23)24-16-10-5-11-17-24/h3-17,19-21H,2H2,1H3. The van der Waals surface area contributed by atoms with Crippen LogP contribution in [0.15, 0.2) is 104 Å². The van der Waals surface area contributed by atoms with Crippen molar-refractivity contribution in [3.63, 3.8) is 0 Å². The summed E-state index contributed by atoms with van der Waals surface area (Å²) in [6.45, 7) is 2.02. The van der Waals surface area contributed by atoms with Crippen LogP contribution in [0.4, 0.5) is 0 Å². The average molecular weight is 377 g/mol. The normalized spacial score (nSPS) is 12.3. The molecule has 3 nitrogen and oxygen atoms in total. The van der Waals surface area contributed by atoms with Gasteiger partial charge in [0.05, 0.1) is 24.0 Å². The van der Waals surface area contributed by atoms with Gasteiger partial charge in [-0.2, -0.15) is 5.26 Å². The van der Waals surface area contributed by atoms with Crippen LogP contribution in [0.5, 0.6) is 0 Å². The zero-order valence-electron chi connectivity index (χ0n) is 16.4. The monoisotopic (exact) mass is 377 g/mol. The lowest BCUT2D eigenvalue weighted by atomic mass is 9.76. The van der Waals surface area contributed by atoms with E-state index in [9.17, 15) is 5.26 Å². The summed E-state index contributed by atoms with van der Waals surface area (Å²) in [5, 5.41) is 9.54. The van der Waals surface area contributed by atoms with Crippen molar-refractivity contribution in [3.05, 3.63) is 126 Å². The number of rotatable bonds is 6. The second kappa shape index (κ2) is 8.16. The van der Waals surface area contributed by atoms with E-state index >= 15 is 0 Å². The SMILES string of the molecule is CCC(C#N)c1cn(C(c2ccccc2)(c2ccccc2)c2ccccc2)cn1. The van der Waals surface area contributed by atoms with Crippen LogP contribution in [0.1, 0.15) is 41.6 Å². The molecule has 1 heterocycles.